The molecule has 6 nitrogen and oxygen atoms in total. The first-order valence-corrected chi connectivity index (χ1v) is 9.26. The molecule has 0 radical (unpaired) electrons. The van der Waals surface area contributed by atoms with E-state index in [0.717, 1.165) is 22.3 Å². The van der Waals surface area contributed by atoms with Crippen LogP contribution in [0.15, 0.2) is 56.1 Å². The van der Waals surface area contributed by atoms with Crippen molar-refractivity contribution in [3.63, 3.8) is 0 Å². The normalized spacial score (nSPS) is 12.3. The summed E-state index contributed by atoms with van der Waals surface area (Å²) in [6.45, 7) is 1.90. The second-order valence-electron chi connectivity index (χ2n) is 6.00. The third kappa shape index (κ3) is 3.52. The minimum Gasteiger partial charge on any atom is -0.459 e. The third-order valence-corrected chi connectivity index (χ3v) is 4.75. The Kier molecular flexibility index (Phi) is 4.53. The molecule has 0 saturated carbocycles. The van der Waals surface area contributed by atoms with Gasteiger partial charge in [-0.3, -0.25) is 4.79 Å². The summed E-state index contributed by atoms with van der Waals surface area (Å²) in [7, 11) is 0. The van der Waals surface area contributed by atoms with Gasteiger partial charge in [-0.1, -0.05) is 23.4 Å². The summed E-state index contributed by atoms with van der Waals surface area (Å²) in [6.07, 6.45) is 0.672. The number of thiophene rings is 1. The molecule has 0 aliphatic rings. The van der Waals surface area contributed by atoms with Gasteiger partial charge in [0, 0.05) is 29.2 Å². The molecule has 1 atom stereocenters. The van der Waals surface area contributed by atoms with Crippen molar-refractivity contribution in [1.82, 2.24) is 15.5 Å². The SMILES string of the molecule is C[C@@H](NC(=O)CCc1nc(-c2ccsc2)no1)c1cc2ccccc2o1. The molecule has 3 aromatic heterocycles. The Hall–Kier alpha value is -2.93. The molecule has 0 aliphatic heterocycles. The maximum atomic E-state index is 12.2. The molecule has 0 saturated heterocycles. The number of fused-ring (bicyclic) bond motifs is 1. The number of carbonyl (C=O) groups excluding carboxylic acids is 1. The molecule has 0 spiro atoms. The number of furan rings is 1. The quantitative estimate of drug-likeness (QED) is 0.548. The number of nitrogens with zero attached hydrogens (tertiary/aromatic N) is 2. The summed E-state index contributed by atoms with van der Waals surface area (Å²) in [6, 6.07) is 11.4. The van der Waals surface area contributed by atoms with Crippen molar-refractivity contribution in [3.8, 4) is 11.4 Å². The first kappa shape index (κ1) is 16.5. The van der Waals surface area contributed by atoms with Crippen molar-refractivity contribution < 1.29 is 13.7 Å². The van der Waals surface area contributed by atoms with E-state index in [1.807, 2.05) is 54.1 Å². The summed E-state index contributed by atoms with van der Waals surface area (Å²) in [5.41, 5.74) is 1.74. The average Bonchev–Trinajstić information content (AvgIpc) is 3.39. The third-order valence-electron chi connectivity index (χ3n) is 4.06. The van der Waals surface area contributed by atoms with Crippen molar-refractivity contribution in [1.29, 1.82) is 0 Å². The molecule has 0 unspecified atom stereocenters. The minimum absolute atomic E-state index is 0.0896. The fourth-order valence-corrected chi connectivity index (χ4v) is 3.32. The van der Waals surface area contributed by atoms with Gasteiger partial charge >= 0.3 is 0 Å². The van der Waals surface area contributed by atoms with Crippen molar-refractivity contribution >= 4 is 28.2 Å². The highest BCUT2D eigenvalue weighted by Gasteiger charge is 2.15. The molecule has 0 bridgehead atoms. The Balaban J connectivity index is 1.33. The summed E-state index contributed by atoms with van der Waals surface area (Å²) in [5, 5.41) is 11.8. The highest BCUT2D eigenvalue weighted by molar-refractivity contribution is 7.08. The van der Waals surface area contributed by atoms with Crippen molar-refractivity contribution in [3.05, 3.63) is 58.8 Å². The first-order chi connectivity index (χ1) is 12.7. The second kappa shape index (κ2) is 7.13. The van der Waals surface area contributed by atoms with Crippen LogP contribution in [0.4, 0.5) is 0 Å². The lowest BCUT2D eigenvalue weighted by Gasteiger charge is -2.10. The van der Waals surface area contributed by atoms with Gasteiger partial charge in [0.25, 0.3) is 0 Å². The van der Waals surface area contributed by atoms with Crippen LogP contribution < -0.4 is 5.32 Å². The van der Waals surface area contributed by atoms with E-state index in [-0.39, 0.29) is 18.4 Å². The van der Waals surface area contributed by atoms with Crippen molar-refractivity contribution in [2.45, 2.75) is 25.8 Å². The molecule has 4 rings (SSSR count). The average molecular weight is 367 g/mol. The van der Waals surface area contributed by atoms with E-state index in [1.54, 1.807) is 11.3 Å². The number of carbonyl (C=O) groups is 1. The predicted octanol–water partition coefficient (Wildman–Crippen LogP) is 4.35. The molecular formula is C19H17N3O3S. The van der Waals surface area contributed by atoms with E-state index in [0.29, 0.717) is 18.1 Å². The van der Waals surface area contributed by atoms with Crippen molar-refractivity contribution in [2.75, 3.05) is 0 Å². The van der Waals surface area contributed by atoms with Crippen LogP contribution in [0, 0.1) is 0 Å². The van der Waals surface area contributed by atoms with Gasteiger partial charge in [0.2, 0.25) is 17.6 Å². The lowest BCUT2D eigenvalue weighted by molar-refractivity contribution is -0.121. The Morgan fingerprint density at radius 1 is 1.31 bits per heavy atom. The lowest BCUT2D eigenvalue weighted by atomic mass is 10.2. The zero-order valence-electron chi connectivity index (χ0n) is 14.1. The summed E-state index contributed by atoms with van der Waals surface area (Å²) in [5.74, 6) is 1.65. The maximum Gasteiger partial charge on any atom is 0.227 e. The molecule has 1 aromatic carbocycles. The van der Waals surface area contributed by atoms with Gasteiger partial charge in [-0.25, -0.2) is 0 Å². The Bertz CT molecular complexity index is 987. The summed E-state index contributed by atoms with van der Waals surface area (Å²) in [4.78, 5) is 16.5. The van der Waals surface area contributed by atoms with Crippen LogP contribution in [0.3, 0.4) is 0 Å². The van der Waals surface area contributed by atoms with Gasteiger partial charge in [0.15, 0.2) is 0 Å². The van der Waals surface area contributed by atoms with E-state index in [4.69, 9.17) is 8.94 Å². The van der Waals surface area contributed by atoms with E-state index >= 15 is 0 Å². The van der Waals surface area contributed by atoms with E-state index in [2.05, 4.69) is 15.5 Å². The fourth-order valence-electron chi connectivity index (χ4n) is 2.69. The zero-order valence-corrected chi connectivity index (χ0v) is 15.0. The van der Waals surface area contributed by atoms with Crippen LogP contribution in [0.1, 0.15) is 31.0 Å². The smallest absolute Gasteiger partial charge is 0.227 e. The number of benzene rings is 1. The van der Waals surface area contributed by atoms with Crippen LogP contribution in [-0.4, -0.2) is 16.0 Å². The molecule has 0 fully saturated rings. The highest BCUT2D eigenvalue weighted by atomic mass is 32.1. The Labute approximate surface area is 153 Å². The number of hydrogen-bond acceptors (Lipinski definition) is 6. The summed E-state index contributed by atoms with van der Waals surface area (Å²) >= 11 is 1.57. The Morgan fingerprint density at radius 2 is 2.19 bits per heavy atom. The van der Waals surface area contributed by atoms with E-state index < -0.39 is 0 Å². The number of aryl methyl sites for hydroxylation is 1. The van der Waals surface area contributed by atoms with Crippen LogP contribution in [0.2, 0.25) is 0 Å². The number of amides is 1. The molecule has 132 valence electrons. The first-order valence-electron chi connectivity index (χ1n) is 8.32. The highest BCUT2D eigenvalue weighted by Crippen LogP contribution is 2.23. The van der Waals surface area contributed by atoms with Crippen molar-refractivity contribution in [2.24, 2.45) is 0 Å². The fraction of sp³-hybridized carbons (Fsp3) is 0.211. The second-order valence-corrected chi connectivity index (χ2v) is 6.78. The van der Waals surface area contributed by atoms with Gasteiger partial charge in [-0.05, 0) is 30.5 Å². The molecule has 3 heterocycles. The molecule has 4 aromatic rings. The molecular weight excluding hydrogens is 350 g/mol. The van der Waals surface area contributed by atoms with Crippen LogP contribution >= 0.6 is 11.3 Å². The lowest BCUT2D eigenvalue weighted by Crippen LogP contribution is -2.26. The monoisotopic (exact) mass is 367 g/mol. The van der Waals surface area contributed by atoms with Crippen LogP contribution in [0.5, 0.6) is 0 Å². The van der Waals surface area contributed by atoms with Gasteiger partial charge in [0.05, 0.1) is 6.04 Å². The van der Waals surface area contributed by atoms with Gasteiger partial charge in [0.1, 0.15) is 11.3 Å². The topological polar surface area (TPSA) is 81.2 Å². The molecule has 0 aliphatic carbocycles. The van der Waals surface area contributed by atoms with Gasteiger partial charge in [-0.15, -0.1) is 0 Å². The number of hydrogen-bond donors (Lipinski definition) is 1. The van der Waals surface area contributed by atoms with E-state index in [1.165, 1.54) is 0 Å². The number of para-hydroxylation sites is 1. The minimum atomic E-state index is -0.209. The van der Waals surface area contributed by atoms with Gasteiger partial charge < -0.3 is 14.3 Å². The van der Waals surface area contributed by atoms with Crippen LogP contribution in [0.25, 0.3) is 22.4 Å². The molecule has 1 N–H and O–H groups in total. The number of rotatable bonds is 6. The predicted molar refractivity (Wildman–Crippen MR) is 98.7 cm³/mol. The maximum absolute atomic E-state index is 12.2. The molecule has 7 heteroatoms. The standard InChI is InChI=1S/C19H17N3O3S/c1-12(16-10-13-4-2-3-5-15(13)24-16)20-17(23)6-7-18-21-19(22-25-18)14-8-9-26-11-14/h2-5,8-12H,6-7H2,1H3,(H,20,23)/t12-/m1/s1. The molecule has 1 amide bonds. The van der Waals surface area contributed by atoms with Crippen LogP contribution in [-0.2, 0) is 11.2 Å². The Morgan fingerprint density at radius 3 is 3.00 bits per heavy atom. The van der Waals surface area contributed by atoms with Gasteiger partial charge in [-0.2, -0.15) is 16.3 Å². The number of nitrogens with one attached hydrogen (secondary N) is 1. The molecule has 26 heavy (non-hydrogen) atoms. The number of aromatic nitrogens is 2. The summed E-state index contributed by atoms with van der Waals surface area (Å²) < 4.78 is 11.0. The largest absolute Gasteiger partial charge is 0.459 e. The van der Waals surface area contributed by atoms with E-state index in [9.17, 15) is 4.79 Å². The zero-order chi connectivity index (χ0) is 17.9.